The number of hydrogen-bond acceptors (Lipinski definition) is 4. The van der Waals surface area contributed by atoms with Crippen molar-refractivity contribution in [2.45, 2.75) is 12.5 Å². The lowest BCUT2D eigenvalue weighted by Crippen LogP contribution is -2.38. The maximum atomic E-state index is 11.8. The van der Waals surface area contributed by atoms with Crippen molar-refractivity contribution in [3.63, 3.8) is 0 Å². The normalized spacial score (nSPS) is 13.9. The number of halogens is 1. The first kappa shape index (κ1) is 14.2. The van der Waals surface area contributed by atoms with Gasteiger partial charge in [0.25, 0.3) is 0 Å². The van der Waals surface area contributed by atoms with E-state index >= 15 is 0 Å². The van der Waals surface area contributed by atoms with E-state index in [1.165, 1.54) is 0 Å². The first-order chi connectivity index (χ1) is 7.11. The number of nitrogens with two attached hydrogens (primary N) is 1. The number of aliphatic imine (C=N–C) groups is 1. The Morgan fingerprint density at radius 1 is 1.67 bits per heavy atom. The molecule has 0 aliphatic carbocycles. The van der Waals surface area contributed by atoms with Crippen LogP contribution in [0.3, 0.4) is 0 Å². The van der Waals surface area contributed by atoms with Gasteiger partial charge in [0, 0.05) is 12.3 Å². The Hall–Kier alpha value is -0.820. The molecule has 0 aromatic carbocycles. The van der Waals surface area contributed by atoms with Gasteiger partial charge in [0.2, 0.25) is 0 Å². The molecule has 0 heterocycles. The van der Waals surface area contributed by atoms with Crippen LogP contribution >= 0.6 is 12.6 Å². The lowest BCUT2D eigenvalue weighted by molar-refractivity contribution is -0.138. The van der Waals surface area contributed by atoms with Crippen molar-refractivity contribution in [3.05, 3.63) is 0 Å². The maximum Gasteiger partial charge on any atom is 0.321 e. The molecule has 0 aromatic heterocycles. The monoisotopic (exact) mass is 237 g/mol. The molecule has 0 fully saturated rings. The van der Waals surface area contributed by atoms with Crippen molar-refractivity contribution >= 4 is 24.4 Å². The molecule has 0 aromatic rings. The van der Waals surface area contributed by atoms with Gasteiger partial charge in [0.1, 0.15) is 18.6 Å². The third-order valence-electron chi connectivity index (χ3n) is 1.66. The summed E-state index contributed by atoms with van der Waals surface area (Å²) in [5.74, 6) is -0.735. The lowest BCUT2D eigenvalue weighted by atomic mass is 10.3. The van der Waals surface area contributed by atoms with Gasteiger partial charge in [0.05, 0.1) is 0 Å². The fourth-order valence-corrected chi connectivity index (χ4v) is 1.14. The fraction of sp³-hybridized carbons (Fsp3) is 0.750. The summed E-state index contributed by atoms with van der Waals surface area (Å²) < 4.78 is 11.8. The average molecular weight is 237 g/mol. The molecule has 0 bridgehead atoms. The van der Waals surface area contributed by atoms with E-state index in [0.29, 0.717) is 19.5 Å². The van der Waals surface area contributed by atoms with Crippen molar-refractivity contribution < 1.29 is 14.3 Å². The van der Waals surface area contributed by atoms with E-state index in [0.717, 1.165) is 0 Å². The van der Waals surface area contributed by atoms with E-state index in [1.54, 1.807) is 0 Å². The summed E-state index contributed by atoms with van der Waals surface area (Å²) in [6, 6.07) is -0.657. The summed E-state index contributed by atoms with van der Waals surface area (Å²) in [4.78, 5) is 14.3. The van der Waals surface area contributed by atoms with Gasteiger partial charge in [-0.2, -0.15) is 12.6 Å². The number of amidine groups is 1. The summed E-state index contributed by atoms with van der Waals surface area (Å²) >= 11 is 3.89. The van der Waals surface area contributed by atoms with E-state index in [-0.39, 0.29) is 11.6 Å². The fourth-order valence-electron chi connectivity index (χ4n) is 0.850. The molecule has 4 N–H and O–H groups in total. The maximum absolute atomic E-state index is 11.8. The minimum atomic E-state index is -0.934. The van der Waals surface area contributed by atoms with Crippen LogP contribution in [0.5, 0.6) is 0 Å². The molecule has 0 unspecified atom stereocenters. The van der Waals surface area contributed by atoms with Crippen LogP contribution in [0, 0.1) is 0 Å². The Bertz CT molecular complexity index is 226. The predicted molar refractivity (Wildman–Crippen MR) is 60.4 cm³/mol. The minimum absolute atomic E-state index is 0.0287. The molecule has 7 heteroatoms. The average Bonchev–Trinajstić information content (AvgIpc) is 2.22. The van der Waals surface area contributed by atoms with Gasteiger partial charge in [0.15, 0.2) is 0 Å². The molecule has 88 valence electrons. The van der Waals surface area contributed by atoms with Gasteiger partial charge in [-0.3, -0.25) is 9.79 Å². The Labute approximate surface area is 93.4 Å². The van der Waals surface area contributed by atoms with Crippen molar-refractivity contribution in [1.29, 1.82) is 0 Å². The van der Waals surface area contributed by atoms with Gasteiger partial charge in [-0.05, 0) is 13.0 Å². The highest BCUT2D eigenvalue weighted by molar-refractivity contribution is 7.80. The summed E-state index contributed by atoms with van der Waals surface area (Å²) in [5.41, 5.74) is 5.14. The van der Waals surface area contributed by atoms with Crippen molar-refractivity contribution in [3.8, 4) is 0 Å². The number of thiol groups is 1. The van der Waals surface area contributed by atoms with Crippen LogP contribution in [0.15, 0.2) is 4.99 Å². The number of carboxylic acid groups (broad SMARTS) is 1. The highest BCUT2D eigenvalue weighted by Gasteiger charge is 2.13. The number of carboxylic acids is 1. The SMILES string of the molecule is NC(CF)=NCCCN[C@@H](CS)C(=O)O. The highest BCUT2D eigenvalue weighted by Crippen LogP contribution is 1.89. The largest absolute Gasteiger partial charge is 0.480 e. The smallest absolute Gasteiger partial charge is 0.321 e. The van der Waals surface area contributed by atoms with Crippen LogP contribution in [0.1, 0.15) is 6.42 Å². The summed E-state index contributed by atoms with van der Waals surface area (Å²) in [6.45, 7) is 0.129. The molecule has 0 aliphatic heterocycles. The third-order valence-corrected chi connectivity index (χ3v) is 2.02. The van der Waals surface area contributed by atoms with Gasteiger partial charge in [-0.15, -0.1) is 0 Å². The van der Waals surface area contributed by atoms with Gasteiger partial charge < -0.3 is 16.2 Å². The second-order valence-electron chi connectivity index (χ2n) is 2.89. The number of nitrogens with one attached hydrogen (secondary N) is 1. The molecule has 0 amide bonds. The Kier molecular flexibility index (Phi) is 8.02. The molecule has 0 radical (unpaired) electrons. The molecule has 0 aliphatic rings. The summed E-state index contributed by atoms with van der Waals surface area (Å²) in [7, 11) is 0. The summed E-state index contributed by atoms with van der Waals surface area (Å²) in [5, 5.41) is 11.4. The van der Waals surface area contributed by atoms with E-state index < -0.39 is 18.7 Å². The zero-order chi connectivity index (χ0) is 11.7. The van der Waals surface area contributed by atoms with E-state index in [1.807, 2.05) is 0 Å². The van der Waals surface area contributed by atoms with E-state index in [9.17, 15) is 9.18 Å². The Morgan fingerprint density at radius 3 is 2.80 bits per heavy atom. The molecular formula is C8H16FN3O2S. The standard InChI is InChI=1S/C8H16FN3O2S/c9-4-7(10)12-3-1-2-11-6(5-15)8(13)14/h6,11,15H,1-5H2,(H2,10,12)(H,13,14)/t6-/m0/s1. The number of alkyl halides is 1. The Balaban J connectivity index is 3.57. The van der Waals surface area contributed by atoms with E-state index in [2.05, 4.69) is 22.9 Å². The van der Waals surface area contributed by atoms with E-state index in [4.69, 9.17) is 10.8 Å². The zero-order valence-electron chi connectivity index (χ0n) is 8.32. The number of carbonyl (C=O) groups is 1. The van der Waals surface area contributed by atoms with Gasteiger partial charge >= 0.3 is 5.97 Å². The topological polar surface area (TPSA) is 87.7 Å². The van der Waals surface area contributed by atoms with Crippen molar-refractivity contribution in [2.75, 3.05) is 25.5 Å². The molecule has 15 heavy (non-hydrogen) atoms. The molecule has 0 rings (SSSR count). The Morgan fingerprint density at radius 2 is 2.33 bits per heavy atom. The molecular weight excluding hydrogens is 221 g/mol. The quantitative estimate of drug-likeness (QED) is 0.202. The zero-order valence-corrected chi connectivity index (χ0v) is 9.21. The van der Waals surface area contributed by atoms with Gasteiger partial charge in [-0.25, -0.2) is 4.39 Å². The van der Waals surface area contributed by atoms with Crippen LogP contribution in [-0.2, 0) is 4.79 Å². The predicted octanol–water partition coefficient (Wildman–Crippen LogP) is -0.324. The van der Waals surface area contributed by atoms with Gasteiger partial charge in [-0.1, -0.05) is 0 Å². The van der Waals surface area contributed by atoms with Crippen LogP contribution in [-0.4, -0.2) is 48.5 Å². The second kappa shape index (κ2) is 8.49. The van der Waals surface area contributed by atoms with Crippen LogP contribution in [0.4, 0.5) is 4.39 Å². The molecule has 5 nitrogen and oxygen atoms in total. The van der Waals surface area contributed by atoms with Crippen molar-refractivity contribution in [2.24, 2.45) is 10.7 Å². The number of rotatable bonds is 8. The number of hydrogen-bond donors (Lipinski definition) is 4. The lowest BCUT2D eigenvalue weighted by Gasteiger charge is -2.10. The number of nitrogens with zero attached hydrogens (tertiary/aromatic N) is 1. The molecule has 0 saturated carbocycles. The first-order valence-corrected chi connectivity index (χ1v) is 5.16. The highest BCUT2D eigenvalue weighted by atomic mass is 32.1. The first-order valence-electron chi connectivity index (χ1n) is 4.53. The summed E-state index contributed by atoms with van der Waals surface area (Å²) in [6.07, 6.45) is 0.609. The third kappa shape index (κ3) is 7.15. The van der Waals surface area contributed by atoms with Crippen LogP contribution in [0.25, 0.3) is 0 Å². The molecule has 0 saturated heterocycles. The molecule has 0 spiro atoms. The minimum Gasteiger partial charge on any atom is -0.480 e. The molecule has 1 atom stereocenters. The van der Waals surface area contributed by atoms with Crippen LogP contribution in [0.2, 0.25) is 0 Å². The second-order valence-corrected chi connectivity index (χ2v) is 3.25. The van der Waals surface area contributed by atoms with Crippen molar-refractivity contribution in [1.82, 2.24) is 5.32 Å². The number of aliphatic carboxylic acids is 1. The van der Waals surface area contributed by atoms with Crippen LogP contribution < -0.4 is 11.1 Å².